The smallest absolute Gasteiger partial charge is 0.410 e. The van der Waals surface area contributed by atoms with Crippen molar-refractivity contribution in [2.45, 2.75) is 51.8 Å². The first-order valence-corrected chi connectivity index (χ1v) is 9.47. The summed E-state index contributed by atoms with van der Waals surface area (Å²) in [6.07, 6.45) is 1.09. The van der Waals surface area contributed by atoms with Gasteiger partial charge in [-0.15, -0.1) is 0 Å². The van der Waals surface area contributed by atoms with Gasteiger partial charge in [0.05, 0.1) is 0 Å². The Morgan fingerprint density at radius 2 is 1.85 bits per heavy atom. The van der Waals surface area contributed by atoms with Gasteiger partial charge in [-0.05, 0) is 56.0 Å². The third kappa shape index (κ3) is 4.59. The first-order chi connectivity index (χ1) is 12.7. The van der Waals surface area contributed by atoms with Gasteiger partial charge in [-0.25, -0.2) is 4.79 Å². The molecule has 1 fully saturated rings. The molecule has 1 saturated heterocycles. The van der Waals surface area contributed by atoms with Crippen molar-refractivity contribution in [2.24, 2.45) is 0 Å². The summed E-state index contributed by atoms with van der Waals surface area (Å²) < 4.78 is 5.46. The van der Waals surface area contributed by atoms with Gasteiger partial charge in [-0.3, -0.25) is 9.69 Å². The van der Waals surface area contributed by atoms with Crippen molar-refractivity contribution in [3.8, 4) is 0 Å². The highest BCUT2D eigenvalue weighted by Crippen LogP contribution is 2.23. The molecule has 27 heavy (non-hydrogen) atoms. The fraction of sp³-hybridized carbons (Fsp3) is 0.455. The third-order valence-electron chi connectivity index (χ3n) is 4.78. The zero-order chi connectivity index (χ0) is 19.6. The molecule has 0 radical (unpaired) electrons. The van der Waals surface area contributed by atoms with Crippen molar-refractivity contribution in [1.29, 1.82) is 0 Å². The largest absolute Gasteiger partial charge is 0.444 e. The maximum Gasteiger partial charge on any atom is 0.410 e. The number of nitrogens with zero attached hydrogens (tertiary/aromatic N) is 2. The van der Waals surface area contributed by atoms with Crippen molar-refractivity contribution in [2.75, 3.05) is 13.6 Å². The van der Waals surface area contributed by atoms with E-state index in [1.807, 2.05) is 39.0 Å². The Kier molecular flexibility index (Phi) is 5.40. The number of fused-ring (bicyclic) bond motifs is 1. The zero-order valence-corrected chi connectivity index (χ0v) is 16.6. The number of rotatable bonds is 3. The first kappa shape index (κ1) is 19.2. The fourth-order valence-corrected chi connectivity index (χ4v) is 3.51. The van der Waals surface area contributed by atoms with Gasteiger partial charge in [0, 0.05) is 20.1 Å². The van der Waals surface area contributed by atoms with Crippen LogP contribution in [0.25, 0.3) is 10.8 Å². The highest BCUT2D eigenvalue weighted by Gasteiger charge is 2.37. The average molecular weight is 368 g/mol. The number of ether oxygens (including phenoxy) is 1. The quantitative estimate of drug-likeness (QED) is 0.816. The lowest BCUT2D eigenvalue weighted by Gasteiger charge is -2.30. The van der Waals surface area contributed by atoms with Crippen LogP contribution in [0.2, 0.25) is 0 Å². The minimum Gasteiger partial charge on any atom is -0.444 e. The second-order valence-corrected chi connectivity index (χ2v) is 8.21. The number of benzene rings is 2. The summed E-state index contributed by atoms with van der Waals surface area (Å²) in [6, 6.07) is 14.0. The van der Waals surface area contributed by atoms with Crippen LogP contribution >= 0.6 is 0 Å². The van der Waals surface area contributed by atoms with Gasteiger partial charge in [0.1, 0.15) is 11.6 Å². The van der Waals surface area contributed by atoms with Crippen LogP contribution in [0.1, 0.15) is 39.2 Å². The number of hydrogen-bond donors (Lipinski definition) is 0. The second-order valence-electron chi connectivity index (χ2n) is 8.21. The SMILES string of the molecule is CN(Cc1ccc2ccccc2c1)C(=O)[C@H]1CCCN1C(=O)OC(C)(C)C. The normalized spacial score (nSPS) is 17.2. The lowest BCUT2D eigenvalue weighted by molar-refractivity contribution is -0.135. The van der Waals surface area contributed by atoms with Crippen LogP contribution in [0.4, 0.5) is 4.79 Å². The van der Waals surface area contributed by atoms with E-state index in [0.717, 1.165) is 17.4 Å². The van der Waals surface area contributed by atoms with Gasteiger partial charge >= 0.3 is 6.09 Å². The molecule has 0 spiro atoms. The molecule has 0 bridgehead atoms. The van der Waals surface area contributed by atoms with Crippen molar-refractivity contribution in [3.63, 3.8) is 0 Å². The van der Waals surface area contributed by atoms with Gasteiger partial charge < -0.3 is 9.64 Å². The molecule has 0 saturated carbocycles. The minimum absolute atomic E-state index is 0.0356. The summed E-state index contributed by atoms with van der Waals surface area (Å²) in [4.78, 5) is 28.7. The van der Waals surface area contributed by atoms with E-state index in [2.05, 4.69) is 24.3 Å². The molecule has 2 aromatic rings. The second kappa shape index (κ2) is 7.59. The molecule has 5 nitrogen and oxygen atoms in total. The Bertz CT molecular complexity index is 841. The number of carbonyl (C=O) groups excluding carboxylic acids is 2. The van der Waals surface area contributed by atoms with E-state index < -0.39 is 17.7 Å². The molecule has 0 N–H and O–H groups in total. The number of amides is 2. The summed E-state index contributed by atoms with van der Waals surface area (Å²) in [5.41, 5.74) is 0.510. The molecule has 2 amide bonds. The summed E-state index contributed by atoms with van der Waals surface area (Å²) in [5, 5.41) is 2.34. The van der Waals surface area contributed by atoms with Gasteiger partial charge in [-0.2, -0.15) is 0 Å². The topological polar surface area (TPSA) is 49.9 Å². The monoisotopic (exact) mass is 368 g/mol. The Balaban J connectivity index is 1.69. The van der Waals surface area contributed by atoms with Gasteiger partial charge in [0.2, 0.25) is 5.91 Å². The molecule has 0 aromatic heterocycles. The van der Waals surface area contributed by atoms with E-state index in [-0.39, 0.29) is 5.91 Å². The minimum atomic E-state index is -0.565. The molecule has 1 aliphatic heterocycles. The summed E-state index contributed by atoms with van der Waals surface area (Å²) in [7, 11) is 1.79. The van der Waals surface area contributed by atoms with Crippen LogP contribution in [0, 0.1) is 0 Å². The van der Waals surface area contributed by atoms with Crippen molar-refractivity contribution < 1.29 is 14.3 Å². The highest BCUT2D eigenvalue weighted by molar-refractivity contribution is 5.86. The lowest BCUT2D eigenvalue weighted by Crippen LogP contribution is -2.47. The maximum atomic E-state index is 13.0. The molecule has 1 aliphatic rings. The molecular formula is C22H28N2O3. The van der Waals surface area contributed by atoms with Gasteiger partial charge in [0.15, 0.2) is 0 Å². The molecule has 0 unspecified atom stereocenters. The average Bonchev–Trinajstić information content (AvgIpc) is 3.09. The van der Waals surface area contributed by atoms with Crippen LogP contribution in [-0.4, -0.2) is 47.0 Å². The van der Waals surface area contributed by atoms with Crippen LogP contribution in [0.5, 0.6) is 0 Å². The lowest BCUT2D eigenvalue weighted by atomic mass is 10.1. The predicted octanol–water partition coefficient (Wildman–Crippen LogP) is 4.20. The number of hydrogen-bond acceptors (Lipinski definition) is 3. The van der Waals surface area contributed by atoms with Crippen molar-refractivity contribution in [3.05, 3.63) is 48.0 Å². The van der Waals surface area contributed by atoms with E-state index in [0.29, 0.717) is 19.5 Å². The van der Waals surface area contributed by atoms with E-state index in [1.54, 1.807) is 16.8 Å². The van der Waals surface area contributed by atoms with Crippen LogP contribution in [0.3, 0.4) is 0 Å². The molecule has 3 rings (SSSR count). The number of likely N-dealkylation sites (tertiary alicyclic amines) is 1. The molecular weight excluding hydrogens is 340 g/mol. The maximum absolute atomic E-state index is 13.0. The molecule has 2 aromatic carbocycles. The third-order valence-corrected chi connectivity index (χ3v) is 4.78. The Labute approximate surface area is 160 Å². The predicted molar refractivity (Wildman–Crippen MR) is 106 cm³/mol. The molecule has 5 heteroatoms. The highest BCUT2D eigenvalue weighted by atomic mass is 16.6. The Hall–Kier alpha value is -2.56. The number of carbonyl (C=O) groups is 2. The summed E-state index contributed by atoms with van der Waals surface area (Å²) in [5.74, 6) is -0.0356. The van der Waals surface area contributed by atoms with Gasteiger partial charge in [0.25, 0.3) is 0 Å². The van der Waals surface area contributed by atoms with Crippen molar-refractivity contribution >= 4 is 22.8 Å². The number of likely N-dealkylation sites (N-methyl/N-ethyl adjacent to an activating group) is 1. The first-order valence-electron chi connectivity index (χ1n) is 9.47. The summed E-state index contributed by atoms with van der Waals surface area (Å²) >= 11 is 0. The van der Waals surface area contributed by atoms with E-state index in [1.165, 1.54) is 5.39 Å². The van der Waals surface area contributed by atoms with Crippen molar-refractivity contribution in [1.82, 2.24) is 9.80 Å². The summed E-state index contributed by atoms with van der Waals surface area (Å²) in [6.45, 7) is 6.59. The van der Waals surface area contributed by atoms with Gasteiger partial charge in [-0.1, -0.05) is 36.4 Å². The van der Waals surface area contributed by atoms with Crippen LogP contribution in [-0.2, 0) is 16.1 Å². The molecule has 1 heterocycles. The van der Waals surface area contributed by atoms with E-state index in [4.69, 9.17) is 4.74 Å². The van der Waals surface area contributed by atoms with E-state index >= 15 is 0 Å². The Morgan fingerprint density at radius 3 is 2.56 bits per heavy atom. The molecule has 144 valence electrons. The van der Waals surface area contributed by atoms with Crippen LogP contribution < -0.4 is 0 Å². The fourth-order valence-electron chi connectivity index (χ4n) is 3.51. The van der Waals surface area contributed by atoms with Crippen LogP contribution in [0.15, 0.2) is 42.5 Å². The zero-order valence-electron chi connectivity index (χ0n) is 16.6. The Morgan fingerprint density at radius 1 is 1.15 bits per heavy atom. The molecule has 1 atom stereocenters. The molecule has 0 aliphatic carbocycles. The standard InChI is InChI=1S/C22H28N2O3/c1-22(2,3)27-21(26)24-13-7-10-19(24)20(25)23(4)15-16-11-12-17-8-5-6-9-18(17)14-16/h5-6,8-9,11-12,14,19H,7,10,13,15H2,1-4H3/t19-/m1/s1. The van der Waals surface area contributed by atoms with E-state index in [9.17, 15) is 9.59 Å².